The van der Waals surface area contributed by atoms with E-state index in [1.807, 2.05) is 19.1 Å². The van der Waals surface area contributed by atoms with E-state index in [4.69, 9.17) is 4.74 Å². The van der Waals surface area contributed by atoms with Crippen molar-refractivity contribution in [3.05, 3.63) is 34.9 Å². The van der Waals surface area contributed by atoms with Gasteiger partial charge < -0.3 is 4.74 Å². The monoisotopic (exact) mass is 400 g/mol. The highest BCUT2D eigenvalue weighted by molar-refractivity contribution is 6.29. The predicted molar refractivity (Wildman–Crippen MR) is 115 cm³/mol. The second kappa shape index (κ2) is 12.6. The molecule has 160 valence electrons. The maximum absolute atomic E-state index is 12.8. The molecule has 2 rings (SSSR count). The number of ether oxygens (including phenoxy) is 1. The van der Waals surface area contributed by atoms with E-state index in [2.05, 4.69) is 6.92 Å². The maximum atomic E-state index is 12.8. The Morgan fingerprint density at radius 2 is 1.45 bits per heavy atom. The number of Topliss-reactive ketones (excluding diaryl/α,β-unsaturated/α-hetero) is 2. The summed E-state index contributed by atoms with van der Waals surface area (Å²) in [4.78, 5) is 37.1. The van der Waals surface area contributed by atoms with Gasteiger partial charge in [0.1, 0.15) is 0 Å². The number of esters is 1. The van der Waals surface area contributed by atoms with Crippen LogP contribution in [0.1, 0.15) is 117 Å². The molecule has 0 radical (unpaired) electrons. The van der Waals surface area contributed by atoms with Crippen molar-refractivity contribution in [2.75, 3.05) is 0 Å². The fourth-order valence-corrected chi connectivity index (χ4v) is 4.00. The predicted octanol–water partition coefficient (Wildman–Crippen LogP) is 6.24. The van der Waals surface area contributed by atoms with E-state index in [1.165, 1.54) is 51.4 Å². The maximum Gasteiger partial charge on any atom is 0.306 e. The Bertz CT molecular complexity index is 692. The van der Waals surface area contributed by atoms with Gasteiger partial charge in [-0.05, 0) is 24.8 Å². The number of carbonyl (C=O) groups is 3. The topological polar surface area (TPSA) is 60.4 Å². The van der Waals surface area contributed by atoms with Gasteiger partial charge in [0.15, 0.2) is 0 Å². The largest absolute Gasteiger partial charge is 0.445 e. The van der Waals surface area contributed by atoms with Gasteiger partial charge in [-0.15, -0.1) is 0 Å². The molecule has 1 aromatic carbocycles. The Morgan fingerprint density at radius 1 is 0.828 bits per heavy atom. The van der Waals surface area contributed by atoms with Gasteiger partial charge >= 0.3 is 5.97 Å². The molecule has 0 saturated heterocycles. The molecule has 1 aliphatic rings. The number of hydrogen-bond acceptors (Lipinski definition) is 4. The third-order valence-electron chi connectivity index (χ3n) is 5.64. The van der Waals surface area contributed by atoms with Crippen LogP contribution in [0.3, 0.4) is 0 Å². The summed E-state index contributed by atoms with van der Waals surface area (Å²) in [6.07, 6.45) is 13.0. The van der Waals surface area contributed by atoms with E-state index in [0.717, 1.165) is 24.8 Å². The first-order chi connectivity index (χ1) is 14.1. The SMILES string of the molecule is CCCCCCCCCCCCc1cccc2c1C(=O)C(OC(=O)CCC)C2=O. The minimum Gasteiger partial charge on any atom is -0.445 e. The van der Waals surface area contributed by atoms with Crippen LogP contribution in [-0.2, 0) is 16.0 Å². The van der Waals surface area contributed by atoms with Gasteiger partial charge in [-0.25, -0.2) is 0 Å². The minimum absolute atomic E-state index is 0.221. The molecule has 29 heavy (non-hydrogen) atoms. The molecule has 0 heterocycles. The molecule has 0 saturated carbocycles. The number of rotatable bonds is 14. The molecule has 0 fully saturated rings. The van der Waals surface area contributed by atoms with Gasteiger partial charge in [0.05, 0.1) is 0 Å². The fraction of sp³-hybridized carbons (Fsp3) is 0.640. The van der Waals surface area contributed by atoms with E-state index in [0.29, 0.717) is 17.5 Å². The van der Waals surface area contributed by atoms with E-state index >= 15 is 0 Å². The highest BCUT2D eigenvalue weighted by Crippen LogP contribution is 2.29. The molecule has 4 heteroatoms. The van der Waals surface area contributed by atoms with Crippen molar-refractivity contribution in [3.63, 3.8) is 0 Å². The second-order valence-corrected chi connectivity index (χ2v) is 8.12. The summed E-state index contributed by atoms with van der Waals surface area (Å²) in [6, 6.07) is 5.42. The summed E-state index contributed by atoms with van der Waals surface area (Å²) in [7, 11) is 0. The van der Waals surface area contributed by atoms with Gasteiger partial charge in [-0.2, -0.15) is 0 Å². The molecular weight excluding hydrogens is 364 g/mol. The van der Waals surface area contributed by atoms with E-state index in [9.17, 15) is 14.4 Å². The van der Waals surface area contributed by atoms with Gasteiger partial charge in [0, 0.05) is 17.5 Å². The first kappa shape index (κ1) is 23.3. The average molecular weight is 401 g/mol. The summed E-state index contributed by atoms with van der Waals surface area (Å²) < 4.78 is 5.18. The van der Waals surface area contributed by atoms with Crippen LogP contribution < -0.4 is 0 Å². The quantitative estimate of drug-likeness (QED) is 0.211. The molecule has 0 amide bonds. The molecule has 1 unspecified atom stereocenters. The second-order valence-electron chi connectivity index (χ2n) is 8.12. The highest BCUT2D eigenvalue weighted by Gasteiger charge is 2.42. The zero-order valence-electron chi connectivity index (χ0n) is 18.1. The van der Waals surface area contributed by atoms with Gasteiger partial charge in [0.25, 0.3) is 0 Å². The number of unbranched alkanes of at least 4 members (excludes halogenated alkanes) is 9. The zero-order chi connectivity index (χ0) is 21.1. The Labute approximate surface area is 175 Å². The van der Waals surface area contributed by atoms with Crippen molar-refractivity contribution in [2.45, 2.75) is 103 Å². The number of carbonyl (C=O) groups excluding carboxylic acids is 3. The minimum atomic E-state index is -1.28. The third-order valence-corrected chi connectivity index (χ3v) is 5.64. The highest BCUT2D eigenvalue weighted by atomic mass is 16.5. The molecule has 1 aromatic rings. The molecule has 0 N–H and O–H groups in total. The normalized spacial score (nSPS) is 15.6. The number of fused-ring (bicyclic) bond motifs is 1. The Morgan fingerprint density at radius 3 is 2.07 bits per heavy atom. The van der Waals surface area contributed by atoms with Crippen LogP contribution in [0.25, 0.3) is 0 Å². The lowest BCUT2D eigenvalue weighted by Gasteiger charge is -2.09. The van der Waals surface area contributed by atoms with Crippen molar-refractivity contribution < 1.29 is 19.1 Å². The lowest BCUT2D eigenvalue weighted by Crippen LogP contribution is -2.28. The van der Waals surface area contributed by atoms with Crippen LogP contribution in [0.15, 0.2) is 18.2 Å². The van der Waals surface area contributed by atoms with Crippen molar-refractivity contribution in [3.8, 4) is 0 Å². The molecule has 0 bridgehead atoms. The van der Waals surface area contributed by atoms with Crippen LogP contribution in [0.5, 0.6) is 0 Å². The molecule has 0 aliphatic heterocycles. The molecule has 0 aromatic heterocycles. The number of aryl methyl sites for hydroxylation is 1. The fourth-order valence-electron chi connectivity index (χ4n) is 4.00. The number of hydrogen-bond donors (Lipinski definition) is 0. The summed E-state index contributed by atoms with van der Waals surface area (Å²) in [5.74, 6) is -1.21. The lowest BCUT2D eigenvalue weighted by atomic mass is 9.97. The first-order valence-electron chi connectivity index (χ1n) is 11.5. The van der Waals surface area contributed by atoms with E-state index in [1.54, 1.807) is 6.07 Å². The third kappa shape index (κ3) is 6.80. The number of benzene rings is 1. The standard InChI is InChI=1S/C25H36O4/c1-3-5-6-7-8-9-10-11-12-13-16-19-17-14-18-20-22(19)24(28)25(23(20)27)29-21(26)15-4-2/h14,17-18,25H,3-13,15-16H2,1-2H3. The Kier molecular flexibility index (Phi) is 10.1. The molecule has 1 atom stereocenters. The van der Waals surface area contributed by atoms with Crippen molar-refractivity contribution in [2.24, 2.45) is 0 Å². The molecule has 1 aliphatic carbocycles. The molecule has 0 spiro atoms. The Hall–Kier alpha value is -1.97. The summed E-state index contributed by atoms with van der Waals surface area (Å²) >= 11 is 0. The van der Waals surface area contributed by atoms with Crippen LogP contribution >= 0.6 is 0 Å². The van der Waals surface area contributed by atoms with Gasteiger partial charge in [0.2, 0.25) is 17.7 Å². The van der Waals surface area contributed by atoms with Crippen molar-refractivity contribution in [1.29, 1.82) is 0 Å². The van der Waals surface area contributed by atoms with E-state index < -0.39 is 12.1 Å². The first-order valence-corrected chi connectivity index (χ1v) is 11.5. The lowest BCUT2D eigenvalue weighted by molar-refractivity contribution is -0.145. The summed E-state index contributed by atoms with van der Waals surface area (Å²) in [6.45, 7) is 4.10. The van der Waals surface area contributed by atoms with Crippen LogP contribution in [0.4, 0.5) is 0 Å². The summed E-state index contributed by atoms with van der Waals surface area (Å²) in [5.41, 5.74) is 1.80. The zero-order valence-corrected chi connectivity index (χ0v) is 18.1. The Balaban J connectivity index is 1.80. The van der Waals surface area contributed by atoms with Crippen LogP contribution in [0.2, 0.25) is 0 Å². The molecular formula is C25H36O4. The smallest absolute Gasteiger partial charge is 0.306 e. The van der Waals surface area contributed by atoms with Gasteiger partial charge in [-0.1, -0.05) is 89.8 Å². The van der Waals surface area contributed by atoms with Gasteiger partial charge in [-0.3, -0.25) is 14.4 Å². The van der Waals surface area contributed by atoms with Crippen molar-refractivity contribution >= 4 is 17.5 Å². The summed E-state index contributed by atoms with van der Waals surface area (Å²) in [5, 5.41) is 0. The van der Waals surface area contributed by atoms with Crippen LogP contribution in [-0.4, -0.2) is 23.6 Å². The number of ketones is 2. The molecule has 4 nitrogen and oxygen atoms in total. The average Bonchev–Trinajstić information content (AvgIpc) is 2.95. The van der Waals surface area contributed by atoms with E-state index in [-0.39, 0.29) is 18.0 Å². The van der Waals surface area contributed by atoms with Crippen molar-refractivity contribution in [1.82, 2.24) is 0 Å². The van der Waals surface area contributed by atoms with Crippen LogP contribution in [0, 0.1) is 0 Å².